The molecule has 0 fully saturated rings. The Morgan fingerprint density at radius 2 is 1.95 bits per heavy atom. The lowest BCUT2D eigenvalue weighted by atomic mass is 10.0. The van der Waals surface area contributed by atoms with Crippen LogP contribution in [0.25, 0.3) is 16.7 Å². The van der Waals surface area contributed by atoms with E-state index in [0.717, 1.165) is 31.9 Å². The number of hydrogen-bond acceptors (Lipinski definition) is 2. The lowest BCUT2D eigenvalue weighted by Gasteiger charge is -2.26. The molecule has 0 unspecified atom stereocenters. The van der Waals surface area contributed by atoms with Crippen molar-refractivity contribution in [2.75, 3.05) is 13.1 Å². The number of nitrogens with zero attached hydrogens (tertiary/aromatic N) is 3. The van der Waals surface area contributed by atoms with Crippen molar-refractivity contribution in [2.45, 2.75) is 19.9 Å². The third-order valence-electron chi connectivity index (χ3n) is 4.46. The average molecular weight is 277 g/mol. The average Bonchev–Trinajstić information content (AvgIpc) is 2.89. The Bertz CT molecular complexity index is 774. The molecule has 4 rings (SSSR count). The summed E-state index contributed by atoms with van der Waals surface area (Å²) in [5.74, 6) is 1.03. The first-order chi connectivity index (χ1) is 10.4. The lowest BCUT2D eigenvalue weighted by molar-refractivity contribution is 0.267. The van der Waals surface area contributed by atoms with Gasteiger partial charge in [0, 0.05) is 36.8 Å². The fraction of sp³-hybridized carbons (Fsp3) is 0.278. The molecule has 1 aliphatic heterocycles. The first-order valence-corrected chi connectivity index (χ1v) is 7.63. The van der Waals surface area contributed by atoms with Gasteiger partial charge in [0.2, 0.25) is 0 Å². The molecule has 0 bridgehead atoms. The van der Waals surface area contributed by atoms with Gasteiger partial charge < -0.3 is 0 Å². The van der Waals surface area contributed by atoms with Gasteiger partial charge in [0.1, 0.15) is 5.82 Å². The van der Waals surface area contributed by atoms with Crippen LogP contribution in [0, 0.1) is 0 Å². The van der Waals surface area contributed by atoms with E-state index in [1.54, 1.807) is 0 Å². The van der Waals surface area contributed by atoms with Gasteiger partial charge in [-0.25, -0.2) is 4.98 Å². The predicted octanol–water partition coefficient (Wildman–Crippen LogP) is 3.40. The maximum atomic E-state index is 4.57. The second-order valence-electron chi connectivity index (χ2n) is 5.58. The van der Waals surface area contributed by atoms with E-state index in [1.807, 2.05) is 12.3 Å². The summed E-state index contributed by atoms with van der Waals surface area (Å²) in [6.07, 6.45) is 2.96. The van der Waals surface area contributed by atoms with Crippen molar-refractivity contribution in [3.63, 3.8) is 0 Å². The van der Waals surface area contributed by atoms with Crippen LogP contribution in [0.15, 0.2) is 48.7 Å². The summed E-state index contributed by atoms with van der Waals surface area (Å²) in [5.41, 5.74) is 4.18. The molecule has 0 aliphatic carbocycles. The molecule has 0 amide bonds. The fourth-order valence-corrected chi connectivity index (χ4v) is 3.38. The summed E-state index contributed by atoms with van der Waals surface area (Å²) >= 11 is 0. The molecule has 2 aromatic heterocycles. The highest BCUT2D eigenvalue weighted by molar-refractivity contribution is 5.87. The lowest BCUT2D eigenvalue weighted by Crippen LogP contribution is -2.30. The van der Waals surface area contributed by atoms with Gasteiger partial charge in [-0.05, 0) is 30.3 Å². The van der Waals surface area contributed by atoms with Crippen LogP contribution in [0.3, 0.4) is 0 Å². The van der Waals surface area contributed by atoms with E-state index in [1.165, 1.54) is 22.2 Å². The van der Waals surface area contributed by atoms with Gasteiger partial charge in [-0.3, -0.25) is 9.47 Å². The van der Waals surface area contributed by atoms with Crippen LogP contribution in [0.5, 0.6) is 0 Å². The molecule has 0 radical (unpaired) electrons. The van der Waals surface area contributed by atoms with Gasteiger partial charge in [0.15, 0.2) is 0 Å². The largest absolute Gasteiger partial charge is 0.299 e. The summed E-state index contributed by atoms with van der Waals surface area (Å²) in [6.45, 7) is 5.53. The SMILES string of the molecule is CCN1CCc2c(c3ccccc3n2-c2ccccn2)C1. The fourth-order valence-electron chi connectivity index (χ4n) is 3.38. The summed E-state index contributed by atoms with van der Waals surface area (Å²) in [6, 6.07) is 14.8. The maximum Gasteiger partial charge on any atom is 0.137 e. The Kier molecular flexibility index (Phi) is 3.00. The van der Waals surface area contributed by atoms with E-state index in [4.69, 9.17) is 0 Å². The molecule has 21 heavy (non-hydrogen) atoms. The molecule has 0 spiro atoms. The zero-order valence-corrected chi connectivity index (χ0v) is 12.3. The van der Waals surface area contributed by atoms with Crippen molar-refractivity contribution in [2.24, 2.45) is 0 Å². The monoisotopic (exact) mass is 277 g/mol. The molecule has 0 saturated heterocycles. The first kappa shape index (κ1) is 12.6. The third-order valence-corrected chi connectivity index (χ3v) is 4.46. The maximum absolute atomic E-state index is 4.57. The van der Waals surface area contributed by atoms with E-state index in [2.05, 4.69) is 57.8 Å². The molecule has 3 heterocycles. The zero-order valence-electron chi connectivity index (χ0n) is 12.3. The van der Waals surface area contributed by atoms with Gasteiger partial charge in [-0.1, -0.05) is 31.2 Å². The third kappa shape index (κ3) is 1.96. The molecular weight excluding hydrogens is 258 g/mol. The van der Waals surface area contributed by atoms with Crippen molar-refractivity contribution in [3.05, 3.63) is 59.9 Å². The van der Waals surface area contributed by atoms with E-state index in [0.29, 0.717) is 0 Å². The molecule has 3 nitrogen and oxygen atoms in total. The van der Waals surface area contributed by atoms with Crippen molar-refractivity contribution in [1.29, 1.82) is 0 Å². The standard InChI is InChI=1S/C18H19N3/c1-2-20-12-10-17-15(13-20)14-7-3-4-8-16(14)21(17)18-9-5-6-11-19-18/h3-9,11H,2,10,12-13H2,1H3. The Morgan fingerprint density at radius 1 is 1.10 bits per heavy atom. The predicted molar refractivity (Wildman–Crippen MR) is 85.7 cm³/mol. The topological polar surface area (TPSA) is 21.1 Å². The second kappa shape index (κ2) is 5.01. The van der Waals surface area contributed by atoms with Crippen molar-refractivity contribution in [1.82, 2.24) is 14.5 Å². The van der Waals surface area contributed by atoms with Crippen molar-refractivity contribution < 1.29 is 0 Å². The Balaban J connectivity index is 1.99. The quantitative estimate of drug-likeness (QED) is 0.716. The summed E-state index contributed by atoms with van der Waals surface area (Å²) in [7, 11) is 0. The van der Waals surface area contributed by atoms with Crippen LogP contribution >= 0.6 is 0 Å². The summed E-state index contributed by atoms with van der Waals surface area (Å²) in [5, 5.41) is 1.37. The zero-order chi connectivity index (χ0) is 14.2. The molecule has 0 saturated carbocycles. The van der Waals surface area contributed by atoms with Gasteiger partial charge in [-0.2, -0.15) is 0 Å². The van der Waals surface area contributed by atoms with Crippen LogP contribution in [-0.4, -0.2) is 27.5 Å². The van der Waals surface area contributed by atoms with Crippen molar-refractivity contribution in [3.8, 4) is 5.82 Å². The molecule has 0 atom stereocenters. The van der Waals surface area contributed by atoms with E-state index in [-0.39, 0.29) is 0 Å². The Hall–Kier alpha value is -2.13. The summed E-state index contributed by atoms with van der Waals surface area (Å²) < 4.78 is 2.34. The van der Waals surface area contributed by atoms with Crippen LogP contribution in [0.4, 0.5) is 0 Å². The number of rotatable bonds is 2. The van der Waals surface area contributed by atoms with E-state index < -0.39 is 0 Å². The van der Waals surface area contributed by atoms with Crippen LogP contribution < -0.4 is 0 Å². The highest BCUT2D eigenvalue weighted by Crippen LogP contribution is 2.32. The van der Waals surface area contributed by atoms with Gasteiger partial charge >= 0.3 is 0 Å². The number of benzene rings is 1. The van der Waals surface area contributed by atoms with Gasteiger partial charge in [-0.15, -0.1) is 0 Å². The van der Waals surface area contributed by atoms with Crippen LogP contribution in [0.2, 0.25) is 0 Å². The van der Waals surface area contributed by atoms with Gasteiger partial charge in [0.25, 0.3) is 0 Å². The number of fused-ring (bicyclic) bond motifs is 3. The molecule has 0 N–H and O–H groups in total. The van der Waals surface area contributed by atoms with Crippen LogP contribution in [0.1, 0.15) is 18.2 Å². The van der Waals surface area contributed by atoms with Crippen molar-refractivity contribution >= 4 is 10.9 Å². The van der Waals surface area contributed by atoms with Gasteiger partial charge in [0.05, 0.1) is 5.52 Å². The highest BCUT2D eigenvalue weighted by atomic mass is 15.1. The first-order valence-electron chi connectivity index (χ1n) is 7.63. The Labute approximate surface area is 124 Å². The minimum absolute atomic E-state index is 1.03. The summed E-state index contributed by atoms with van der Waals surface area (Å²) in [4.78, 5) is 7.08. The number of pyridine rings is 1. The Morgan fingerprint density at radius 3 is 2.76 bits per heavy atom. The normalized spacial score (nSPS) is 15.3. The van der Waals surface area contributed by atoms with Crippen LogP contribution in [-0.2, 0) is 13.0 Å². The minimum atomic E-state index is 1.03. The minimum Gasteiger partial charge on any atom is -0.299 e. The second-order valence-corrected chi connectivity index (χ2v) is 5.58. The van der Waals surface area contributed by atoms with E-state index >= 15 is 0 Å². The number of hydrogen-bond donors (Lipinski definition) is 0. The molecule has 106 valence electrons. The smallest absolute Gasteiger partial charge is 0.137 e. The highest BCUT2D eigenvalue weighted by Gasteiger charge is 2.23. The molecule has 1 aromatic carbocycles. The number of para-hydroxylation sites is 1. The molecule has 1 aliphatic rings. The molecular formula is C18H19N3. The number of aromatic nitrogens is 2. The number of likely N-dealkylation sites (N-methyl/N-ethyl adjacent to an activating group) is 1. The molecule has 3 aromatic rings. The molecule has 3 heteroatoms. The van der Waals surface area contributed by atoms with E-state index in [9.17, 15) is 0 Å².